The summed E-state index contributed by atoms with van der Waals surface area (Å²) in [6.45, 7) is 4.75. The first-order chi connectivity index (χ1) is 6.97. The molecule has 0 amide bonds. The molecule has 0 aliphatic heterocycles. The number of hydrogen-bond donors (Lipinski definition) is 2. The van der Waals surface area contributed by atoms with Crippen molar-refractivity contribution in [1.29, 1.82) is 0 Å². The quantitative estimate of drug-likeness (QED) is 0.635. The van der Waals surface area contributed by atoms with E-state index in [2.05, 4.69) is 5.32 Å². The Hall–Kier alpha value is -0.610. The van der Waals surface area contributed by atoms with Crippen LogP contribution in [0.2, 0.25) is 0 Å². The number of aliphatic hydroxyl groups is 1. The standard InChI is InChI=1S/C11H21NO3/c1-11(2,10(14)15-3)7-12-6-9(13)8-4-5-8/h8-9,12-13H,4-7H2,1-3H3. The first-order valence-electron chi connectivity index (χ1n) is 5.44. The fraction of sp³-hybridized carbons (Fsp3) is 0.909. The third-order valence-electron chi connectivity index (χ3n) is 2.82. The predicted octanol–water partition coefficient (Wildman–Crippen LogP) is 0.546. The molecule has 0 aromatic carbocycles. The summed E-state index contributed by atoms with van der Waals surface area (Å²) in [5, 5.41) is 12.7. The smallest absolute Gasteiger partial charge is 0.312 e. The van der Waals surface area contributed by atoms with Crippen molar-refractivity contribution >= 4 is 5.97 Å². The molecule has 1 rings (SSSR count). The van der Waals surface area contributed by atoms with Crippen molar-refractivity contribution in [1.82, 2.24) is 5.32 Å². The highest BCUT2D eigenvalue weighted by Crippen LogP contribution is 2.32. The second kappa shape index (κ2) is 4.94. The van der Waals surface area contributed by atoms with E-state index >= 15 is 0 Å². The van der Waals surface area contributed by atoms with Crippen LogP contribution in [-0.4, -0.2) is 37.4 Å². The van der Waals surface area contributed by atoms with Crippen LogP contribution in [0.1, 0.15) is 26.7 Å². The van der Waals surface area contributed by atoms with Gasteiger partial charge in [-0.3, -0.25) is 4.79 Å². The van der Waals surface area contributed by atoms with E-state index in [0.717, 1.165) is 12.8 Å². The molecule has 1 saturated carbocycles. The molecule has 0 heterocycles. The van der Waals surface area contributed by atoms with Crippen LogP contribution in [0.4, 0.5) is 0 Å². The minimum Gasteiger partial charge on any atom is -0.469 e. The molecule has 15 heavy (non-hydrogen) atoms. The van der Waals surface area contributed by atoms with E-state index < -0.39 is 5.41 Å². The number of ether oxygens (including phenoxy) is 1. The average Bonchev–Trinajstić information content (AvgIpc) is 2.99. The Bertz CT molecular complexity index is 224. The number of methoxy groups -OCH3 is 1. The van der Waals surface area contributed by atoms with Crippen LogP contribution in [0.25, 0.3) is 0 Å². The molecular formula is C11H21NO3. The number of rotatable bonds is 6. The van der Waals surface area contributed by atoms with Crippen molar-refractivity contribution in [3.8, 4) is 0 Å². The van der Waals surface area contributed by atoms with Crippen LogP contribution in [0.3, 0.4) is 0 Å². The number of carbonyl (C=O) groups excluding carboxylic acids is 1. The summed E-state index contributed by atoms with van der Waals surface area (Å²) < 4.78 is 4.69. The molecule has 0 aromatic heterocycles. The maximum absolute atomic E-state index is 11.3. The van der Waals surface area contributed by atoms with Gasteiger partial charge in [0, 0.05) is 13.1 Å². The monoisotopic (exact) mass is 215 g/mol. The predicted molar refractivity (Wildman–Crippen MR) is 57.4 cm³/mol. The Morgan fingerprint density at radius 2 is 2.20 bits per heavy atom. The van der Waals surface area contributed by atoms with Crippen LogP contribution in [0.5, 0.6) is 0 Å². The van der Waals surface area contributed by atoms with Crippen molar-refractivity contribution < 1.29 is 14.6 Å². The lowest BCUT2D eigenvalue weighted by atomic mass is 9.93. The van der Waals surface area contributed by atoms with Crippen molar-refractivity contribution in [2.24, 2.45) is 11.3 Å². The molecule has 1 fully saturated rings. The molecular weight excluding hydrogens is 194 g/mol. The van der Waals surface area contributed by atoms with Crippen molar-refractivity contribution in [3.05, 3.63) is 0 Å². The molecule has 2 N–H and O–H groups in total. The summed E-state index contributed by atoms with van der Waals surface area (Å²) in [7, 11) is 1.39. The van der Waals surface area contributed by atoms with Gasteiger partial charge in [-0.25, -0.2) is 0 Å². The number of esters is 1. The average molecular weight is 215 g/mol. The summed E-state index contributed by atoms with van der Waals surface area (Å²) in [6.07, 6.45) is 1.99. The van der Waals surface area contributed by atoms with E-state index in [-0.39, 0.29) is 12.1 Å². The molecule has 1 aliphatic rings. The maximum atomic E-state index is 11.3. The van der Waals surface area contributed by atoms with Gasteiger partial charge in [0.1, 0.15) is 0 Å². The number of aliphatic hydroxyl groups excluding tert-OH is 1. The Balaban J connectivity index is 2.20. The van der Waals surface area contributed by atoms with E-state index in [1.807, 2.05) is 13.8 Å². The van der Waals surface area contributed by atoms with Gasteiger partial charge >= 0.3 is 5.97 Å². The van der Waals surface area contributed by atoms with E-state index in [0.29, 0.717) is 19.0 Å². The van der Waals surface area contributed by atoms with Gasteiger partial charge in [0.2, 0.25) is 0 Å². The van der Waals surface area contributed by atoms with E-state index in [9.17, 15) is 9.90 Å². The number of carbonyl (C=O) groups is 1. The summed E-state index contributed by atoms with van der Waals surface area (Å²) in [5.74, 6) is 0.245. The molecule has 4 heteroatoms. The molecule has 88 valence electrons. The zero-order valence-corrected chi connectivity index (χ0v) is 9.75. The highest BCUT2D eigenvalue weighted by Gasteiger charge is 2.31. The SMILES string of the molecule is COC(=O)C(C)(C)CNCC(O)C1CC1. The Morgan fingerprint density at radius 1 is 1.60 bits per heavy atom. The number of nitrogens with one attached hydrogen (secondary N) is 1. The van der Waals surface area contributed by atoms with E-state index in [4.69, 9.17) is 4.74 Å². The Labute approximate surface area is 91.0 Å². The van der Waals surface area contributed by atoms with Gasteiger partial charge in [-0.05, 0) is 32.6 Å². The highest BCUT2D eigenvalue weighted by atomic mass is 16.5. The molecule has 0 spiro atoms. The lowest BCUT2D eigenvalue weighted by molar-refractivity contribution is -0.150. The lowest BCUT2D eigenvalue weighted by Gasteiger charge is -2.22. The van der Waals surface area contributed by atoms with Gasteiger partial charge in [0.05, 0.1) is 18.6 Å². The van der Waals surface area contributed by atoms with Crippen LogP contribution in [-0.2, 0) is 9.53 Å². The van der Waals surface area contributed by atoms with Gasteiger partial charge in [0.25, 0.3) is 0 Å². The van der Waals surface area contributed by atoms with Crippen molar-refractivity contribution in [3.63, 3.8) is 0 Å². The largest absolute Gasteiger partial charge is 0.469 e. The van der Waals surface area contributed by atoms with Crippen LogP contribution >= 0.6 is 0 Å². The van der Waals surface area contributed by atoms with Crippen molar-refractivity contribution in [2.45, 2.75) is 32.8 Å². The molecule has 1 atom stereocenters. The summed E-state index contributed by atoms with van der Waals surface area (Å²) >= 11 is 0. The van der Waals surface area contributed by atoms with Gasteiger partial charge in [-0.1, -0.05) is 0 Å². The van der Waals surface area contributed by atoms with Crippen LogP contribution < -0.4 is 5.32 Å². The van der Waals surface area contributed by atoms with Crippen LogP contribution in [0, 0.1) is 11.3 Å². The minimum absolute atomic E-state index is 0.226. The Kier molecular flexibility index (Phi) is 4.11. The third-order valence-corrected chi connectivity index (χ3v) is 2.82. The minimum atomic E-state index is -0.530. The van der Waals surface area contributed by atoms with Crippen molar-refractivity contribution in [2.75, 3.05) is 20.2 Å². The molecule has 4 nitrogen and oxygen atoms in total. The maximum Gasteiger partial charge on any atom is 0.312 e. The molecule has 0 bridgehead atoms. The molecule has 0 saturated heterocycles. The molecule has 0 radical (unpaired) electrons. The third kappa shape index (κ3) is 3.80. The van der Waals surface area contributed by atoms with Crippen LogP contribution in [0.15, 0.2) is 0 Å². The number of hydrogen-bond acceptors (Lipinski definition) is 4. The van der Waals surface area contributed by atoms with E-state index in [1.54, 1.807) is 0 Å². The zero-order chi connectivity index (χ0) is 11.5. The zero-order valence-electron chi connectivity index (χ0n) is 9.75. The van der Waals surface area contributed by atoms with Gasteiger partial charge in [-0.15, -0.1) is 0 Å². The normalized spacial score (nSPS) is 18.7. The van der Waals surface area contributed by atoms with Gasteiger partial charge in [0.15, 0.2) is 0 Å². The van der Waals surface area contributed by atoms with E-state index in [1.165, 1.54) is 7.11 Å². The fourth-order valence-electron chi connectivity index (χ4n) is 1.53. The lowest BCUT2D eigenvalue weighted by Crippen LogP contribution is -2.40. The molecule has 0 aromatic rings. The molecule has 1 aliphatic carbocycles. The molecule has 1 unspecified atom stereocenters. The van der Waals surface area contributed by atoms with Gasteiger partial charge < -0.3 is 15.2 Å². The topological polar surface area (TPSA) is 58.6 Å². The highest BCUT2D eigenvalue weighted by molar-refractivity contribution is 5.76. The first-order valence-corrected chi connectivity index (χ1v) is 5.44. The van der Waals surface area contributed by atoms with Gasteiger partial charge in [-0.2, -0.15) is 0 Å². The Morgan fingerprint density at radius 3 is 2.67 bits per heavy atom. The second-order valence-electron chi connectivity index (χ2n) is 4.91. The summed E-state index contributed by atoms with van der Waals surface area (Å²) in [5.41, 5.74) is -0.530. The second-order valence-corrected chi connectivity index (χ2v) is 4.91. The first kappa shape index (κ1) is 12.5. The fourth-order valence-corrected chi connectivity index (χ4v) is 1.53. The summed E-state index contributed by atoms with van der Waals surface area (Å²) in [6, 6.07) is 0. The summed E-state index contributed by atoms with van der Waals surface area (Å²) in [4.78, 5) is 11.3.